The summed E-state index contributed by atoms with van der Waals surface area (Å²) in [7, 11) is 1.60. The summed E-state index contributed by atoms with van der Waals surface area (Å²) in [6.45, 7) is 5.23. The van der Waals surface area contributed by atoms with Crippen LogP contribution in [0.15, 0.2) is 48.5 Å². The van der Waals surface area contributed by atoms with Gasteiger partial charge in [0.2, 0.25) is 5.91 Å². The molecule has 38 heavy (non-hydrogen) atoms. The van der Waals surface area contributed by atoms with Crippen molar-refractivity contribution < 1.29 is 28.1 Å². The van der Waals surface area contributed by atoms with Crippen LogP contribution in [0.25, 0.3) is 0 Å². The second-order valence-corrected chi connectivity index (χ2v) is 10.0. The third-order valence-corrected chi connectivity index (χ3v) is 7.00. The van der Waals surface area contributed by atoms with Crippen LogP contribution >= 0.6 is 0 Å². The van der Waals surface area contributed by atoms with E-state index in [-0.39, 0.29) is 30.3 Å². The third-order valence-electron chi connectivity index (χ3n) is 7.00. The highest BCUT2D eigenvalue weighted by Crippen LogP contribution is 2.43. The van der Waals surface area contributed by atoms with Crippen LogP contribution in [-0.2, 0) is 29.1 Å². The highest BCUT2D eigenvalue weighted by Gasteiger charge is 2.33. The lowest BCUT2D eigenvalue weighted by atomic mass is 9.98. The number of aryl methyl sites for hydroxylation is 2. The lowest BCUT2D eigenvalue weighted by molar-refractivity contribution is -0.119. The number of halogens is 1. The Hall–Kier alpha value is -3.58. The van der Waals surface area contributed by atoms with E-state index in [9.17, 15) is 4.79 Å². The highest BCUT2D eigenvalue weighted by atomic mass is 19.1. The largest absolute Gasteiger partial charge is 0.497 e. The number of carbonyl (C=O) groups excluding carboxylic acids is 1. The zero-order valence-electron chi connectivity index (χ0n) is 22.2. The molecular formula is C31H34FNO5. The van der Waals surface area contributed by atoms with E-state index in [0.717, 1.165) is 40.8 Å². The molecule has 7 heteroatoms. The Morgan fingerprint density at radius 2 is 1.74 bits per heavy atom. The fourth-order valence-electron chi connectivity index (χ4n) is 5.20. The zero-order chi connectivity index (χ0) is 26.6. The summed E-state index contributed by atoms with van der Waals surface area (Å²) in [4.78, 5) is 14.6. The average molecular weight is 520 g/mol. The molecule has 5 rings (SSSR count). The molecule has 1 atom stereocenters. The second kappa shape index (κ2) is 11.4. The predicted molar refractivity (Wildman–Crippen MR) is 143 cm³/mol. The van der Waals surface area contributed by atoms with E-state index in [1.807, 2.05) is 24.3 Å². The van der Waals surface area contributed by atoms with Crippen molar-refractivity contribution in [3.63, 3.8) is 0 Å². The molecule has 0 aromatic heterocycles. The van der Waals surface area contributed by atoms with Gasteiger partial charge in [0, 0.05) is 24.5 Å². The molecule has 0 saturated carbocycles. The fraction of sp³-hybridized carbons (Fsp3) is 0.387. The number of hydrogen-bond acceptors (Lipinski definition) is 5. The van der Waals surface area contributed by atoms with Crippen LogP contribution in [0.3, 0.4) is 0 Å². The number of fused-ring (bicyclic) bond motifs is 1. The highest BCUT2D eigenvalue weighted by molar-refractivity contribution is 5.97. The molecule has 2 aliphatic rings. The topological polar surface area (TPSA) is 57.2 Å². The van der Waals surface area contributed by atoms with Crippen molar-refractivity contribution in [1.29, 1.82) is 0 Å². The first-order chi connectivity index (χ1) is 18.4. The Balaban J connectivity index is 1.51. The van der Waals surface area contributed by atoms with E-state index in [0.29, 0.717) is 37.4 Å². The van der Waals surface area contributed by atoms with Gasteiger partial charge in [-0.2, -0.15) is 0 Å². The summed E-state index contributed by atoms with van der Waals surface area (Å²) in [6.07, 6.45) is 2.74. The normalized spacial score (nSPS) is 17.2. The maximum Gasteiger partial charge on any atom is 0.227 e. The molecular weight excluding hydrogens is 485 g/mol. The van der Waals surface area contributed by atoms with Crippen molar-refractivity contribution in [3.05, 3.63) is 82.2 Å². The number of hydrogen-bond donors (Lipinski definition) is 0. The SMILES string of the molecule is COc1ccc(CN2C(=O)CCc3c(OCc4cc(C)cc(C)c4)cc(OC4CCCCO4)c(F)c32)cc1. The van der Waals surface area contributed by atoms with Crippen LogP contribution in [0.1, 0.15) is 53.5 Å². The number of benzene rings is 3. The molecule has 2 heterocycles. The molecule has 2 aliphatic heterocycles. The summed E-state index contributed by atoms with van der Waals surface area (Å²) in [5, 5.41) is 0. The Kier molecular flexibility index (Phi) is 7.84. The predicted octanol–water partition coefficient (Wildman–Crippen LogP) is 6.41. The molecule has 1 saturated heterocycles. The van der Waals surface area contributed by atoms with Crippen LogP contribution in [0.2, 0.25) is 0 Å². The maximum atomic E-state index is 16.2. The number of carbonyl (C=O) groups is 1. The quantitative estimate of drug-likeness (QED) is 0.344. The molecule has 0 bridgehead atoms. The molecule has 6 nitrogen and oxygen atoms in total. The monoisotopic (exact) mass is 519 g/mol. The Bertz CT molecular complexity index is 1280. The van der Waals surface area contributed by atoms with Crippen LogP contribution in [0.4, 0.5) is 10.1 Å². The number of nitrogens with zero attached hydrogens (tertiary/aromatic N) is 1. The smallest absolute Gasteiger partial charge is 0.227 e. The molecule has 0 radical (unpaired) electrons. The number of ether oxygens (including phenoxy) is 4. The molecule has 0 spiro atoms. The molecule has 3 aromatic carbocycles. The van der Waals surface area contributed by atoms with Gasteiger partial charge in [0.1, 0.15) is 18.1 Å². The van der Waals surface area contributed by atoms with Gasteiger partial charge in [-0.05, 0) is 56.4 Å². The van der Waals surface area contributed by atoms with E-state index in [1.165, 1.54) is 4.90 Å². The minimum Gasteiger partial charge on any atom is -0.497 e. The summed E-state index contributed by atoms with van der Waals surface area (Å²) in [5.41, 5.74) is 5.10. The number of anilines is 1. The lowest BCUT2D eigenvalue weighted by Gasteiger charge is -2.32. The van der Waals surface area contributed by atoms with Gasteiger partial charge in [-0.15, -0.1) is 0 Å². The van der Waals surface area contributed by atoms with Crippen molar-refractivity contribution in [1.82, 2.24) is 0 Å². The van der Waals surface area contributed by atoms with Gasteiger partial charge < -0.3 is 23.8 Å². The van der Waals surface area contributed by atoms with Crippen molar-refractivity contribution in [3.8, 4) is 17.2 Å². The van der Waals surface area contributed by atoms with Gasteiger partial charge >= 0.3 is 0 Å². The van der Waals surface area contributed by atoms with Gasteiger partial charge in [-0.1, -0.05) is 41.5 Å². The molecule has 3 aromatic rings. The molecule has 0 aliphatic carbocycles. The van der Waals surface area contributed by atoms with Crippen molar-refractivity contribution in [2.45, 2.75) is 65.4 Å². The Labute approximate surface area is 223 Å². The second-order valence-electron chi connectivity index (χ2n) is 10.0. The van der Waals surface area contributed by atoms with E-state index in [4.69, 9.17) is 18.9 Å². The van der Waals surface area contributed by atoms with E-state index < -0.39 is 12.1 Å². The average Bonchev–Trinajstić information content (AvgIpc) is 2.91. The lowest BCUT2D eigenvalue weighted by Crippen LogP contribution is -2.36. The van der Waals surface area contributed by atoms with Crippen LogP contribution < -0.4 is 19.1 Å². The van der Waals surface area contributed by atoms with E-state index >= 15 is 4.39 Å². The summed E-state index contributed by atoms with van der Waals surface area (Å²) < 4.78 is 39.4. The van der Waals surface area contributed by atoms with Gasteiger partial charge in [0.05, 0.1) is 25.9 Å². The van der Waals surface area contributed by atoms with E-state index in [1.54, 1.807) is 13.2 Å². The Morgan fingerprint density at radius 1 is 0.974 bits per heavy atom. The number of methoxy groups -OCH3 is 1. The van der Waals surface area contributed by atoms with Gasteiger partial charge in [0.25, 0.3) is 0 Å². The minimum atomic E-state index is -0.561. The minimum absolute atomic E-state index is 0.0421. The van der Waals surface area contributed by atoms with Crippen molar-refractivity contribution in [2.75, 3.05) is 18.6 Å². The first-order valence-corrected chi connectivity index (χ1v) is 13.2. The first kappa shape index (κ1) is 26.0. The Morgan fingerprint density at radius 3 is 2.42 bits per heavy atom. The van der Waals surface area contributed by atoms with Crippen LogP contribution in [-0.4, -0.2) is 25.9 Å². The van der Waals surface area contributed by atoms with Gasteiger partial charge in [-0.3, -0.25) is 4.79 Å². The standard InChI is InChI=1S/C31H34FNO5/c1-20-14-21(2)16-23(15-20)19-37-26-17-27(38-29-6-4-5-13-36-29)30(32)31-25(26)11-12-28(34)33(31)18-22-7-9-24(35-3)10-8-22/h7-10,14-17,29H,4-6,11-13,18-19H2,1-3H3. The summed E-state index contributed by atoms with van der Waals surface area (Å²) >= 11 is 0. The number of amides is 1. The first-order valence-electron chi connectivity index (χ1n) is 13.2. The third kappa shape index (κ3) is 5.78. The van der Waals surface area contributed by atoms with Crippen LogP contribution in [0.5, 0.6) is 17.2 Å². The van der Waals surface area contributed by atoms with Crippen LogP contribution in [0, 0.1) is 19.7 Å². The maximum absolute atomic E-state index is 16.2. The summed E-state index contributed by atoms with van der Waals surface area (Å²) in [5.74, 6) is 0.586. The van der Waals surface area contributed by atoms with Gasteiger partial charge in [0.15, 0.2) is 17.9 Å². The molecule has 1 fully saturated rings. The van der Waals surface area contributed by atoms with E-state index in [2.05, 4.69) is 32.0 Å². The summed E-state index contributed by atoms with van der Waals surface area (Å²) in [6, 6.07) is 15.3. The zero-order valence-corrected chi connectivity index (χ0v) is 22.2. The van der Waals surface area contributed by atoms with Gasteiger partial charge in [-0.25, -0.2) is 4.39 Å². The molecule has 200 valence electrons. The molecule has 0 N–H and O–H groups in total. The van der Waals surface area contributed by atoms with Crippen molar-refractivity contribution in [2.24, 2.45) is 0 Å². The van der Waals surface area contributed by atoms with Crippen molar-refractivity contribution >= 4 is 11.6 Å². The molecule has 1 amide bonds. The molecule has 1 unspecified atom stereocenters. The fourth-order valence-corrected chi connectivity index (χ4v) is 5.20. The number of rotatable bonds is 8.